The number of benzene rings is 11. The van der Waals surface area contributed by atoms with Crippen molar-refractivity contribution in [2.45, 2.75) is 105 Å². The zero-order valence-corrected chi connectivity index (χ0v) is 49.3. The molecule has 0 atom stereocenters. The molecule has 0 spiro atoms. The van der Waals surface area contributed by atoms with Crippen LogP contribution in [0, 0.1) is 0 Å². The molecule has 2 heterocycles. The quantitative estimate of drug-likeness (QED) is 0.153. The van der Waals surface area contributed by atoms with Gasteiger partial charge < -0.3 is 9.80 Å². The summed E-state index contributed by atoms with van der Waals surface area (Å²) in [5.41, 5.74) is 25.4. The van der Waals surface area contributed by atoms with Crippen molar-refractivity contribution < 1.29 is 0 Å². The maximum atomic E-state index is 2.67. The molecule has 0 N–H and O–H groups in total. The number of rotatable bonds is 6. The molecule has 0 unspecified atom stereocenters. The Morgan fingerprint density at radius 2 is 0.617 bits per heavy atom. The van der Waals surface area contributed by atoms with E-state index in [2.05, 4.69) is 317 Å². The lowest BCUT2D eigenvalue weighted by Gasteiger charge is -2.46. The summed E-state index contributed by atoms with van der Waals surface area (Å²) < 4.78 is 0. The fraction of sp³-hybridized carbons (Fsp3) is 0.205. The van der Waals surface area contributed by atoms with Gasteiger partial charge in [0.05, 0.1) is 0 Å². The topological polar surface area (TPSA) is 6.48 Å². The first-order valence-electron chi connectivity index (χ1n) is 29.2. The highest BCUT2D eigenvalue weighted by Crippen LogP contribution is 2.52. The molecule has 13 rings (SSSR count). The van der Waals surface area contributed by atoms with Gasteiger partial charge in [0.2, 0.25) is 0 Å². The minimum atomic E-state index is -0.123. The molecular weight excluding hydrogens is 976 g/mol. The molecule has 81 heavy (non-hydrogen) atoms. The van der Waals surface area contributed by atoms with Crippen molar-refractivity contribution in [1.29, 1.82) is 0 Å². The first-order chi connectivity index (χ1) is 38.7. The van der Waals surface area contributed by atoms with E-state index in [4.69, 9.17) is 0 Å². The summed E-state index contributed by atoms with van der Waals surface area (Å²) in [6.45, 7) is 28.2. The summed E-state index contributed by atoms with van der Waals surface area (Å²) >= 11 is 0. The molecule has 0 bridgehead atoms. The fourth-order valence-electron chi connectivity index (χ4n) is 12.9. The van der Waals surface area contributed by atoms with Crippen LogP contribution in [0.25, 0.3) is 66.1 Å². The van der Waals surface area contributed by atoms with Gasteiger partial charge in [-0.05, 0) is 187 Å². The highest BCUT2D eigenvalue weighted by molar-refractivity contribution is 7.03. The van der Waals surface area contributed by atoms with Crippen LogP contribution < -0.4 is 26.2 Å². The standard InChI is InChI=1S/C78H73BN2/c1-75(2,3)57-44-58(76(4,5)6)47-61(46-57)80-67-38-36-53-32-22-24-34-63(53)72(67)79-73-64-35-25-23-33-54(64)37-39-68(73)81(62-48-59(77(7,8)9)45-60(49-62)78(10,11)12)70-43-56(42-69(80)74(70)79)71-65(51-28-18-14-19-29-51)40-55(50-26-16-13-17-27-50)41-66(71)52-30-20-15-21-31-52/h13-49H,1-12H3. The predicted octanol–water partition coefficient (Wildman–Crippen LogP) is 19.9. The van der Waals surface area contributed by atoms with Crippen molar-refractivity contribution in [1.82, 2.24) is 0 Å². The zero-order valence-electron chi connectivity index (χ0n) is 49.3. The van der Waals surface area contributed by atoms with E-state index < -0.39 is 0 Å². The van der Waals surface area contributed by atoms with Gasteiger partial charge in [-0.25, -0.2) is 0 Å². The van der Waals surface area contributed by atoms with Crippen LogP contribution in [0.1, 0.15) is 105 Å². The van der Waals surface area contributed by atoms with Gasteiger partial charge in [-0.1, -0.05) is 247 Å². The first-order valence-corrected chi connectivity index (χ1v) is 29.2. The average molecular weight is 1050 g/mol. The third-order valence-corrected chi connectivity index (χ3v) is 17.4. The number of anilines is 6. The van der Waals surface area contributed by atoms with Crippen LogP contribution in [0.5, 0.6) is 0 Å². The Kier molecular flexibility index (Phi) is 12.3. The molecule has 0 radical (unpaired) electrons. The van der Waals surface area contributed by atoms with E-state index in [1.165, 1.54) is 133 Å². The van der Waals surface area contributed by atoms with Crippen molar-refractivity contribution >= 4 is 78.8 Å². The Hall–Kier alpha value is -8.40. The molecule has 0 saturated heterocycles. The van der Waals surface area contributed by atoms with Crippen molar-refractivity contribution in [3.8, 4) is 44.5 Å². The summed E-state index contributed by atoms with van der Waals surface area (Å²) in [5, 5.41) is 5.04. The third-order valence-electron chi connectivity index (χ3n) is 17.4. The molecule has 2 nitrogen and oxygen atoms in total. The molecule has 11 aromatic rings. The second kappa shape index (κ2) is 19.1. The summed E-state index contributed by atoms with van der Waals surface area (Å²) in [4.78, 5) is 5.35. The Balaban J connectivity index is 1.26. The SMILES string of the molecule is CC(C)(C)c1cc(N2c3cc(-c4c(-c5ccccc5)cc(-c5ccccc5)cc4-c4ccccc4)cc4c3B(c3c2ccc2ccccc32)c2c(ccc3ccccc23)N4c2cc(C(C)(C)C)cc(C(C)(C)C)c2)cc(C(C)(C)C)c1. The lowest BCUT2D eigenvalue weighted by molar-refractivity contribution is 0.568. The maximum absolute atomic E-state index is 2.67. The molecule has 2 aliphatic rings. The molecule has 398 valence electrons. The lowest BCUT2D eigenvalue weighted by Crippen LogP contribution is -2.61. The molecule has 2 aliphatic heterocycles. The first kappa shape index (κ1) is 52.0. The van der Waals surface area contributed by atoms with E-state index >= 15 is 0 Å². The van der Waals surface area contributed by atoms with E-state index in [0.717, 1.165) is 5.56 Å². The van der Waals surface area contributed by atoms with Crippen LogP contribution in [-0.2, 0) is 21.7 Å². The van der Waals surface area contributed by atoms with Crippen molar-refractivity contribution in [3.63, 3.8) is 0 Å². The van der Waals surface area contributed by atoms with Gasteiger partial charge in [0.25, 0.3) is 6.71 Å². The minimum Gasteiger partial charge on any atom is -0.311 e. The van der Waals surface area contributed by atoms with Crippen LogP contribution in [0.2, 0.25) is 0 Å². The molecule has 0 saturated carbocycles. The van der Waals surface area contributed by atoms with Crippen LogP contribution in [0.3, 0.4) is 0 Å². The van der Waals surface area contributed by atoms with Crippen LogP contribution in [0.15, 0.2) is 224 Å². The maximum Gasteiger partial charge on any atom is 0.253 e. The minimum absolute atomic E-state index is 0.116. The summed E-state index contributed by atoms with van der Waals surface area (Å²) in [7, 11) is 0. The molecule has 0 aromatic heterocycles. The Morgan fingerprint density at radius 1 is 0.272 bits per heavy atom. The third kappa shape index (κ3) is 9.07. The number of fused-ring (bicyclic) bond motifs is 8. The van der Waals surface area contributed by atoms with Gasteiger partial charge in [-0.2, -0.15) is 0 Å². The molecule has 0 aliphatic carbocycles. The van der Waals surface area contributed by atoms with Crippen molar-refractivity contribution in [3.05, 3.63) is 247 Å². The lowest BCUT2D eigenvalue weighted by atomic mass is 9.32. The Labute approximate surface area is 481 Å². The summed E-state index contributed by atoms with van der Waals surface area (Å²) in [6, 6.07) is 86.0. The highest BCUT2D eigenvalue weighted by Gasteiger charge is 2.46. The van der Waals surface area contributed by atoms with Gasteiger partial charge in [0.15, 0.2) is 0 Å². The zero-order chi connectivity index (χ0) is 56.3. The van der Waals surface area contributed by atoms with Crippen molar-refractivity contribution in [2.75, 3.05) is 9.80 Å². The Morgan fingerprint density at radius 3 is 0.988 bits per heavy atom. The Bertz CT molecular complexity index is 3940. The average Bonchev–Trinajstić information content (AvgIpc) is 2.32. The van der Waals surface area contributed by atoms with E-state index in [9.17, 15) is 0 Å². The smallest absolute Gasteiger partial charge is 0.253 e. The van der Waals surface area contributed by atoms with Gasteiger partial charge in [-0.3, -0.25) is 0 Å². The number of nitrogens with zero attached hydrogens (tertiary/aromatic N) is 2. The van der Waals surface area contributed by atoms with Gasteiger partial charge >= 0.3 is 0 Å². The monoisotopic (exact) mass is 1050 g/mol. The van der Waals surface area contributed by atoms with Gasteiger partial charge in [0, 0.05) is 34.1 Å². The summed E-state index contributed by atoms with van der Waals surface area (Å²) in [6.07, 6.45) is 0. The van der Waals surface area contributed by atoms with Crippen LogP contribution in [-0.4, -0.2) is 6.71 Å². The normalized spacial score (nSPS) is 13.4. The second-order valence-corrected chi connectivity index (χ2v) is 27.1. The van der Waals surface area contributed by atoms with Gasteiger partial charge in [-0.15, -0.1) is 0 Å². The van der Waals surface area contributed by atoms with Crippen LogP contribution >= 0.6 is 0 Å². The highest BCUT2D eigenvalue weighted by atomic mass is 15.2. The fourth-order valence-corrected chi connectivity index (χ4v) is 12.9. The second-order valence-electron chi connectivity index (χ2n) is 27.1. The number of hydrogen-bond acceptors (Lipinski definition) is 2. The van der Waals surface area contributed by atoms with Crippen LogP contribution in [0.4, 0.5) is 34.1 Å². The molecular formula is C78H73BN2. The largest absolute Gasteiger partial charge is 0.311 e. The van der Waals surface area contributed by atoms with E-state index in [0.29, 0.717) is 0 Å². The van der Waals surface area contributed by atoms with Gasteiger partial charge in [0.1, 0.15) is 0 Å². The van der Waals surface area contributed by atoms with E-state index in [1.54, 1.807) is 0 Å². The molecule has 3 heteroatoms. The summed E-state index contributed by atoms with van der Waals surface area (Å²) in [5.74, 6) is 0. The van der Waals surface area contributed by atoms with E-state index in [-0.39, 0.29) is 28.4 Å². The predicted molar refractivity (Wildman–Crippen MR) is 352 cm³/mol. The molecule has 0 fully saturated rings. The molecule has 11 aromatic carbocycles. The van der Waals surface area contributed by atoms with E-state index in [1.807, 2.05) is 0 Å². The molecule has 0 amide bonds. The number of hydrogen-bond donors (Lipinski definition) is 0. The van der Waals surface area contributed by atoms with Crippen molar-refractivity contribution in [2.24, 2.45) is 0 Å².